The number of amides is 1. The molecule has 0 radical (unpaired) electrons. The van der Waals surface area contributed by atoms with E-state index >= 15 is 0 Å². The Morgan fingerprint density at radius 3 is 2.80 bits per heavy atom. The Kier molecular flexibility index (Phi) is 4.00. The molecular weight excluding hydrogens is 343 g/mol. The fraction of sp³-hybridized carbons (Fsp3) is 0.312. The lowest BCUT2D eigenvalue weighted by molar-refractivity contribution is 0.0945. The average Bonchev–Trinajstić information content (AvgIpc) is 3.05. The van der Waals surface area contributed by atoms with Gasteiger partial charge in [-0.25, -0.2) is 9.07 Å². The van der Waals surface area contributed by atoms with Crippen LogP contribution in [0.5, 0.6) is 0 Å². The predicted octanol–water partition coefficient (Wildman–Crippen LogP) is 2.23. The largest absolute Gasteiger partial charge is 0.344 e. The van der Waals surface area contributed by atoms with Gasteiger partial charge in [0.2, 0.25) is 0 Å². The highest BCUT2D eigenvalue weighted by Gasteiger charge is 2.43. The van der Waals surface area contributed by atoms with Crippen LogP contribution in [-0.2, 0) is 13.1 Å². The molecule has 7 nitrogen and oxygen atoms in total. The first kappa shape index (κ1) is 15.8. The average molecular weight is 358 g/mol. The summed E-state index contributed by atoms with van der Waals surface area (Å²) in [5, 5.41) is 20.0. The van der Waals surface area contributed by atoms with Crippen LogP contribution in [0.1, 0.15) is 28.3 Å². The molecule has 0 aliphatic heterocycles. The van der Waals surface area contributed by atoms with E-state index in [9.17, 15) is 9.18 Å². The van der Waals surface area contributed by atoms with E-state index in [0.717, 1.165) is 10.6 Å². The maximum atomic E-state index is 13.7. The van der Waals surface area contributed by atoms with Crippen molar-refractivity contribution in [2.75, 3.05) is 0 Å². The SMILES string of the molecule is O=C(NCc1nnc(-c2ccccc2)s1)c1cn(CC2(F)CC2)nn1. The number of rotatable bonds is 6. The lowest BCUT2D eigenvalue weighted by Gasteiger charge is -2.02. The molecule has 4 rings (SSSR count). The summed E-state index contributed by atoms with van der Waals surface area (Å²) >= 11 is 1.42. The van der Waals surface area contributed by atoms with Crippen molar-refractivity contribution in [2.45, 2.75) is 31.6 Å². The van der Waals surface area contributed by atoms with Gasteiger partial charge in [0.1, 0.15) is 15.7 Å². The summed E-state index contributed by atoms with van der Waals surface area (Å²) in [7, 11) is 0. The van der Waals surface area contributed by atoms with Crippen LogP contribution in [0.3, 0.4) is 0 Å². The van der Waals surface area contributed by atoms with Crippen molar-refractivity contribution in [3.05, 3.63) is 47.2 Å². The Morgan fingerprint density at radius 2 is 2.04 bits per heavy atom. The highest BCUT2D eigenvalue weighted by molar-refractivity contribution is 7.14. The molecule has 1 saturated carbocycles. The van der Waals surface area contributed by atoms with E-state index in [1.54, 1.807) is 0 Å². The lowest BCUT2D eigenvalue weighted by atomic mass is 10.2. The molecule has 1 aromatic carbocycles. The predicted molar refractivity (Wildman–Crippen MR) is 89.6 cm³/mol. The second-order valence-electron chi connectivity index (χ2n) is 6.00. The van der Waals surface area contributed by atoms with Gasteiger partial charge in [0, 0.05) is 5.56 Å². The van der Waals surface area contributed by atoms with Gasteiger partial charge in [0.25, 0.3) is 5.91 Å². The van der Waals surface area contributed by atoms with Crippen LogP contribution >= 0.6 is 11.3 Å². The van der Waals surface area contributed by atoms with Gasteiger partial charge in [-0.3, -0.25) is 4.79 Å². The summed E-state index contributed by atoms with van der Waals surface area (Å²) in [4.78, 5) is 12.1. The number of carbonyl (C=O) groups excluding carboxylic acids is 1. The minimum atomic E-state index is -1.18. The van der Waals surface area contributed by atoms with Crippen LogP contribution in [0.15, 0.2) is 36.5 Å². The molecule has 3 aromatic rings. The molecule has 1 aliphatic rings. The molecule has 2 aromatic heterocycles. The van der Waals surface area contributed by atoms with Crippen molar-refractivity contribution in [1.82, 2.24) is 30.5 Å². The number of nitrogens with zero attached hydrogens (tertiary/aromatic N) is 5. The highest BCUT2D eigenvalue weighted by atomic mass is 32.1. The molecule has 0 unspecified atom stereocenters. The summed E-state index contributed by atoms with van der Waals surface area (Å²) in [5.41, 5.74) is -0.0280. The number of carbonyl (C=O) groups is 1. The molecule has 25 heavy (non-hydrogen) atoms. The molecule has 2 heterocycles. The Balaban J connectivity index is 1.35. The first-order chi connectivity index (χ1) is 12.1. The third-order valence-corrected chi connectivity index (χ3v) is 4.87. The first-order valence-corrected chi connectivity index (χ1v) is 8.68. The molecular formula is C16H15FN6OS. The maximum Gasteiger partial charge on any atom is 0.273 e. The molecule has 0 bridgehead atoms. The van der Waals surface area contributed by atoms with Gasteiger partial charge in [-0.1, -0.05) is 46.9 Å². The smallest absolute Gasteiger partial charge is 0.273 e. The van der Waals surface area contributed by atoms with Crippen LogP contribution in [-0.4, -0.2) is 36.8 Å². The highest BCUT2D eigenvalue weighted by Crippen LogP contribution is 2.40. The van der Waals surface area contributed by atoms with E-state index in [4.69, 9.17) is 0 Å². The molecule has 1 N–H and O–H groups in total. The summed E-state index contributed by atoms with van der Waals surface area (Å²) in [6.07, 6.45) is 2.54. The summed E-state index contributed by atoms with van der Waals surface area (Å²) < 4.78 is 15.1. The number of alkyl halides is 1. The van der Waals surface area contributed by atoms with Gasteiger partial charge in [-0.15, -0.1) is 15.3 Å². The number of halogens is 1. The van der Waals surface area contributed by atoms with Gasteiger partial charge >= 0.3 is 0 Å². The minimum absolute atomic E-state index is 0.143. The van der Waals surface area contributed by atoms with Crippen molar-refractivity contribution >= 4 is 17.2 Å². The summed E-state index contributed by atoms with van der Waals surface area (Å²) in [6, 6.07) is 9.72. The topological polar surface area (TPSA) is 85.6 Å². The maximum absolute atomic E-state index is 13.7. The molecule has 9 heteroatoms. The molecule has 0 spiro atoms. The molecule has 128 valence electrons. The number of hydrogen-bond acceptors (Lipinski definition) is 6. The van der Waals surface area contributed by atoms with E-state index in [0.29, 0.717) is 17.8 Å². The van der Waals surface area contributed by atoms with E-state index in [1.165, 1.54) is 22.2 Å². The fourth-order valence-electron chi connectivity index (χ4n) is 2.33. The quantitative estimate of drug-likeness (QED) is 0.730. The zero-order valence-electron chi connectivity index (χ0n) is 13.2. The lowest BCUT2D eigenvalue weighted by Crippen LogP contribution is -2.23. The molecule has 0 saturated heterocycles. The molecule has 1 fully saturated rings. The van der Waals surface area contributed by atoms with Gasteiger partial charge < -0.3 is 5.32 Å². The van der Waals surface area contributed by atoms with E-state index in [2.05, 4.69) is 25.8 Å². The van der Waals surface area contributed by atoms with E-state index in [-0.39, 0.29) is 24.7 Å². The van der Waals surface area contributed by atoms with Gasteiger partial charge in [-0.2, -0.15) is 0 Å². The van der Waals surface area contributed by atoms with E-state index in [1.807, 2.05) is 30.3 Å². The summed E-state index contributed by atoms with van der Waals surface area (Å²) in [6.45, 7) is 0.396. The Morgan fingerprint density at radius 1 is 1.24 bits per heavy atom. The van der Waals surface area contributed by atoms with Gasteiger partial charge in [0.15, 0.2) is 5.69 Å². The molecule has 1 amide bonds. The number of aromatic nitrogens is 5. The fourth-order valence-corrected chi connectivity index (χ4v) is 3.12. The Hall–Kier alpha value is -2.68. The van der Waals surface area contributed by atoms with Crippen LogP contribution in [0, 0.1) is 0 Å². The van der Waals surface area contributed by atoms with Crippen LogP contribution in [0.25, 0.3) is 10.6 Å². The number of hydrogen-bond donors (Lipinski definition) is 1. The summed E-state index contributed by atoms with van der Waals surface area (Å²) in [5.74, 6) is -0.369. The zero-order valence-corrected chi connectivity index (χ0v) is 14.0. The number of benzene rings is 1. The van der Waals surface area contributed by atoms with Crippen molar-refractivity contribution in [3.63, 3.8) is 0 Å². The second kappa shape index (κ2) is 6.32. The zero-order chi connectivity index (χ0) is 17.3. The monoisotopic (exact) mass is 358 g/mol. The molecule has 1 aliphatic carbocycles. The molecule has 0 atom stereocenters. The van der Waals surface area contributed by atoms with E-state index < -0.39 is 5.67 Å². The normalized spacial score (nSPS) is 15.1. The Bertz CT molecular complexity index is 889. The van der Waals surface area contributed by atoms with Gasteiger partial charge in [-0.05, 0) is 12.8 Å². The van der Waals surface area contributed by atoms with Crippen molar-refractivity contribution in [2.24, 2.45) is 0 Å². The van der Waals surface area contributed by atoms with Crippen LogP contribution < -0.4 is 5.32 Å². The Labute approximate surface area is 146 Å². The van der Waals surface area contributed by atoms with Crippen LogP contribution in [0.2, 0.25) is 0 Å². The second-order valence-corrected chi connectivity index (χ2v) is 7.06. The van der Waals surface area contributed by atoms with Gasteiger partial charge in [0.05, 0.1) is 19.3 Å². The van der Waals surface area contributed by atoms with Crippen molar-refractivity contribution in [1.29, 1.82) is 0 Å². The van der Waals surface area contributed by atoms with Crippen molar-refractivity contribution < 1.29 is 9.18 Å². The number of nitrogens with one attached hydrogen (secondary N) is 1. The minimum Gasteiger partial charge on any atom is -0.344 e. The first-order valence-electron chi connectivity index (χ1n) is 7.86. The third-order valence-electron chi connectivity index (χ3n) is 3.90. The van der Waals surface area contributed by atoms with Crippen LogP contribution in [0.4, 0.5) is 4.39 Å². The standard InChI is InChI=1S/C16H15FN6OS/c17-16(6-7-16)10-23-9-12(19-22-23)14(24)18-8-13-20-21-15(25-13)11-4-2-1-3-5-11/h1-5,9H,6-8,10H2,(H,18,24). The van der Waals surface area contributed by atoms with Crippen molar-refractivity contribution in [3.8, 4) is 10.6 Å². The third kappa shape index (κ3) is 3.71.